The molecule has 0 aliphatic heterocycles. The van der Waals surface area contributed by atoms with Gasteiger partial charge in [-0.3, -0.25) is 0 Å². The molecule has 0 unspecified atom stereocenters. The minimum absolute atomic E-state index is 0.477. The molecule has 3 heteroatoms. The maximum Gasteiger partial charge on any atom is 0.219 e. The van der Waals surface area contributed by atoms with Gasteiger partial charge in [0.1, 0.15) is 5.75 Å². The van der Waals surface area contributed by atoms with Crippen LogP contribution in [0.15, 0.2) is 36.5 Å². The Morgan fingerprint density at radius 1 is 1.17 bits per heavy atom. The number of nitrogens with zero attached hydrogens (tertiary/aromatic N) is 1. The molecule has 0 atom stereocenters. The van der Waals surface area contributed by atoms with Crippen LogP contribution in [0.1, 0.15) is 30.9 Å². The summed E-state index contributed by atoms with van der Waals surface area (Å²) in [5.41, 5.74) is 8.65. The molecule has 1 aromatic heterocycles. The monoisotopic (exact) mass is 242 g/mol. The maximum atomic E-state index is 5.73. The highest BCUT2D eigenvalue weighted by Gasteiger charge is 2.04. The smallest absolute Gasteiger partial charge is 0.219 e. The Hall–Kier alpha value is -2.03. The largest absolute Gasteiger partial charge is 0.439 e. The molecule has 0 fully saturated rings. The molecule has 0 saturated heterocycles. The van der Waals surface area contributed by atoms with Crippen molar-refractivity contribution in [1.29, 1.82) is 0 Å². The van der Waals surface area contributed by atoms with Crippen molar-refractivity contribution in [3.8, 4) is 11.6 Å². The average Bonchev–Trinajstić information content (AvgIpc) is 2.33. The number of rotatable bonds is 3. The summed E-state index contributed by atoms with van der Waals surface area (Å²) >= 11 is 0. The zero-order valence-corrected chi connectivity index (χ0v) is 11.0. The molecule has 0 aliphatic rings. The van der Waals surface area contributed by atoms with Crippen molar-refractivity contribution in [2.24, 2.45) is 0 Å². The van der Waals surface area contributed by atoms with E-state index in [1.54, 1.807) is 0 Å². The zero-order valence-electron chi connectivity index (χ0n) is 11.0. The van der Waals surface area contributed by atoms with Gasteiger partial charge >= 0.3 is 0 Å². The lowest BCUT2D eigenvalue weighted by molar-refractivity contribution is 0.459. The second-order valence-corrected chi connectivity index (χ2v) is 4.71. The second kappa shape index (κ2) is 5.08. The van der Waals surface area contributed by atoms with Gasteiger partial charge in [-0.05, 0) is 42.2 Å². The number of pyridine rings is 1. The van der Waals surface area contributed by atoms with Gasteiger partial charge in [-0.1, -0.05) is 19.9 Å². The molecule has 0 aliphatic carbocycles. The first-order valence-electron chi connectivity index (χ1n) is 6.06. The van der Waals surface area contributed by atoms with Crippen molar-refractivity contribution >= 4 is 5.69 Å². The fraction of sp³-hybridized carbons (Fsp3) is 0.267. The van der Waals surface area contributed by atoms with Crippen LogP contribution in [0.5, 0.6) is 11.6 Å². The van der Waals surface area contributed by atoms with E-state index in [4.69, 9.17) is 10.5 Å². The van der Waals surface area contributed by atoms with E-state index in [0.29, 0.717) is 11.8 Å². The van der Waals surface area contributed by atoms with Gasteiger partial charge in [-0.25, -0.2) is 4.98 Å². The summed E-state index contributed by atoms with van der Waals surface area (Å²) in [7, 11) is 0. The van der Waals surface area contributed by atoms with Crippen LogP contribution >= 0.6 is 0 Å². The molecule has 0 radical (unpaired) electrons. The Labute approximate surface area is 108 Å². The lowest BCUT2D eigenvalue weighted by Gasteiger charge is -2.09. The quantitative estimate of drug-likeness (QED) is 0.831. The predicted octanol–water partition coefficient (Wildman–Crippen LogP) is 3.89. The third kappa shape index (κ3) is 2.80. The molecule has 3 nitrogen and oxygen atoms in total. The number of anilines is 1. The molecular formula is C15H18N2O. The number of aromatic nitrogens is 1. The summed E-state index contributed by atoms with van der Waals surface area (Å²) in [6, 6.07) is 9.51. The number of nitrogens with two attached hydrogens (primary N) is 1. The molecule has 0 bridgehead atoms. The Kier molecular flexibility index (Phi) is 3.51. The van der Waals surface area contributed by atoms with Gasteiger partial charge in [-0.15, -0.1) is 0 Å². The van der Waals surface area contributed by atoms with Crippen molar-refractivity contribution in [1.82, 2.24) is 4.98 Å². The first-order valence-corrected chi connectivity index (χ1v) is 6.06. The lowest BCUT2D eigenvalue weighted by atomic mass is 10.1. The van der Waals surface area contributed by atoms with Crippen LogP contribution in [0.4, 0.5) is 5.69 Å². The van der Waals surface area contributed by atoms with E-state index in [1.807, 2.05) is 43.5 Å². The van der Waals surface area contributed by atoms with Gasteiger partial charge in [0, 0.05) is 18.0 Å². The fourth-order valence-electron chi connectivity index (χ4n) is 1.69. The van der Waals surface area contributed by atoms with Gasteiger partial charge in [0.15, 0.2) is 0 Å². The molecule has 1 aromatic carbocycles. The third-order valence-electron chi connectivity index (χ3n) is 2.84. The lowest BCUT2D eigenvalue weighted by Crippen LogP contribution is -1.94. The third-order valence-corrected chi connectivity index (χ3v) is 2.84. The summed E-state index contributed by atoms with van der Waals surface area (Å²) in [5.74, 6) is 1.87. The van der Waals surface area contributed by atoms with Crippen LogP contribution in [-0.2, 0) is 0 Å². The Balaban J connectivity index is 2.18. The number of hydrogen-bond acceptors (Lipinski definition) is 3. The minimum atomic E-state index is 0.477. The number of aryl methyl sites for hydroxylation is 1. The van der Waals surface area contributed by atoms with Crippen LogP contribution < -0.4 is 10.5 Å². The van der Waals surface area contributed by atoms with E-state index >= 15 is 0 Å². The first-order chi connectivity index (χ1) is 8.56. The van der Waals surface area contributed by atoms with Crippen molar-refractivity contribution in [2.75, 3.05) is 5.73 Å². The van der Waals surface area contributed by atoms with E-state index in [2.05, 4.69) is 18.8 Å². The molecule has 2 N–H and O–H groups in total. The molecule has 0 spiro atoms. The summed E-state index contributed by atoms with van der Waals surface area (Å²) in [4.78, 5) is 4.31. The van der Waals surface area contributed by atoms with Crippen LogP contribution in [0.2, 0.25) is 0 Å². The molecule has 0 amide bonds. The molecular weight excluding hydrogens is 224 g/mol. The Bertz CT molecular complexity index is 533. The minimum Gasteiger partial charge on any atom is -0.439 e. The topological polar surface area (TPSA) is 48.1 Å². The first kappa shape index (κ1) is 12.4. The Morgan fingerprint density at radius 2 is 1.94 bits per heavy atom. The Morgan fingerprint density at radius 3 is 2.50 bits per heavy atom. The van der Waals surface area contributed by atoms with Crippen LogP contribution in [-0.4, -0.2) is 4.98 Å². The van der Waals surface area contributed by atoms with Crippen LogP contribution in [0, 0.1) is 6.92 Å². The van der Waals surface area contributed by atoms with Gasteiger partial charge < -0.3 is 10.5 Å². The van der Waals surface area contributed by atoms with Crippen molar-refractivity contribution in [2.45, 2.75) is 26.7 Å². The van der Waals surface area contributed by atoms with E-state index in [9.17, 15) is 0 Å². The predicted molar refractivity (Wildman–Crippen MR) is 74.0 cm³/mol. The summed E-state index contributed by atoms with van der Waals surface area (Å²) in [6.07, 6.45) is 1.85. The van der Waals surface area contributed by atoms with Crippen molar-refractivity contribution in [3.05, 3.63) is 47.7 Å². The van der Waals surface area contributed by atoms with E-state index in [1.165, 1.54) is 5.56 Å². The van der Waals surface area contributed by atoms with Crippen molar-refractivity contribution in [3.63, 3.8) is 0 Å². The number of ether oxygens (including phenoxy) is 1. The molecule has 2 aromatic rings. The van der Waals surface area contributed by atoms with E-state index in [0.717, 1.165) is 17.0 Å². The second-order valence-electron chi connectivity index (χ2n) is 4.71. The highest BCUT2D eigenvalue weighted by atomic mass is 16.5. The zero-order chi connectivity index (χ0) is 13.1. The van der Waals surface area contributed by atoms with Gasteiger partial charge in [0.05, 0.1) is 0 Å². The molecule has 1 heterocycles. The normalized spacial score (nSPS) is 10.7. The summed E-state index contributed by atoms with van der Waals surface area (Å²) in [6.45, 7) is 6.25. The average molecular weight is 242 g/mol. The van der Waals surface area contributed by atoms with Gasteiger partial charge in [0.25, 0.3) is 0 Å². The molecule has 2 rings (SSSR count). The highest BCUT2D eigenvalue weighted by molar-refractivity contribution is 5.48. The maximum absolute atomic E-state index is 5.73. The number of nitrogen functional groups attached to an aromatic ring is 1. The fourth-order valence-corrected chi connectivity index (χ4v) is 1.69. The van der Waals surface area contributed by atoms with Crippen molar-refractivity contribution < 1.29 is 4.74 Å². The van der Waals surface area contributed by atoms with E-state index in [-0.39, 0.29) is 0 Å². The number of hydrogen-bond donors (Lipinski definition) is 1. The molecule has 18 heavy (non-hydrogen) atoms. The SMILES string of the molecule is Cc1cc(N)ccc1Oc1ccc(C(C)C)cn1. The number of benzene rings is 1. The molecule has 0 saturated carbocycles. The van der Waals surface area contributed by atoms with E-state index < -0.39 is 0 Å². The summed E-state index contributed by atoms with van der Waals surface area (Å²) < 4.78 is 5.73. The standard InChI is InChI=1S/C15H18N2O/c1-10(2)12-4-7-15(17-9-12)18-14-6-5-13(16)8-11(14)3/h4-10H,16H2,1-3H3. The highest BCUT2D eigenvalue weighted by Crippen LogP contribution is 2.25. The summed E-state index contributed by atoms with van der Waals surface area (Å²) in [5, 5.41) is 0. The van der Waals surface area contributed by atoms with Crippen LogP contribution in [0.3, 0.4) is 0 Å². The van der Waals surface area contributed by atoms with Gasteiger partial charge in [-0.2, -0.15) is 0 Å². The van der Waals surface area contributed by atoms with Crippen LogP contribution in [0.25, 0.3) is 0 Å². The molecule has 94 valence electrons. The van der Waals surface area contributed by atoms with Gasteiger partial charge in [0.2, 0.25) is 5.88 Å².